The average Bonchev–Trinajstić information content (AvgIpc) is 3.16. The van der Waals surface area contributed by atoms with E-state index in [1.807, 2.05) is 6.07 Å². The lowest BCUT2D eigenvalue weighted by Gasteiger charge is -2.16. The van der Waals surface area contributed by atoms with Crippen LogP contribution < -0.4 is 21.3 Å². The Morgan fingerprint density at radius 1 is 1.48 bits per heavy atom. The van der Waals surface area contributed by atoms with Crippen LogP contribution in [0.5, 0.6) is 5.88 Å². The zero-order chi connectivity index (χ0) is 19.2. The summed E-state index contributed by atoms with van der Waals surface area (Å²) in [4.78, 5) is 32.8. The van der Waals surface area contributed by atoms with Gasteiger partial charge in [0, 0.05) is 55.8 Å². The Morgan fingerprint density at radius 3 is 3.11 bits per heavy atom. The molecule has 1 amide bonds. The molecular weight excluding hydrogens is 346 g/mol. The molecule has 3 rings (SSSR count). The normalized spacial score (nSPS) is 16.7. The molecule has 1 aliphatic rings. The van der Waals surface area contributed by atoms with Crippen LogP contribution >= 0.6 is 0 Å². The maximum atomic E-state index is 12.2. The summed E-state index contributed by atoms with van der Waals surface area (Å²) in [5.74, 6) is 0.444. The fraction of sp³-hybridized carbons (Fsp3) is 0.316. The van der Waals surface area contributed by atoms with Crippen molar-refractivity contribution < 1.29 is 9.53 Å². The van der Waals surface area contributed by atoms with E-state index in [2.05, 4.69) is 15.3 Å². The first-order valence-corrected chi connectivity index (χ1v) is 8.76. The van der Waals surface area contributed by atoms with Crippen LogP contribution in [0.15, 0.2) is 47.5 Å². The van der Waals surface area contributed by atoms with Gasteiger partial charge in [0.15, 0.2) is 0 Å². The maximum Gasteiger partial charge on any atom is 0.271 e. The van der Waals surface area contributed by atoms with Gasteiger partial charge in [-0.15, -0.1) is 0 Å². The number of nitrogens with zero attached hydrogens (tertiary/aromatic N) is 2. The Kier molecular flexibility index (Phi) is 5.87. The van der Waals surface area contributed by atoms with Gasteiger partial charge in [-0.2, -0.15) is 0 Å². The number of carbonyl (C=O) groups is 1. The van der Waals surface area contributed by atoms with E-state index < -0.39 is 0 Å². The van der Waals surface area contributed by atoms with Crippen LogP contribution in [-0.4, -0.2) is 53.6 Å². The van der Waals surface area contributed by atoms with Gasteiger partial charge in [0.2, 0.25) is 11.8 Å². The monoisotopic (exact) mass is 369 g/mol. The van der Waals surface area contributed by atoms with Gasteiger partial charge in [-0.05, 0) is 24.1 Å². The van der Waals surface area contributed by atoms with Gasteiger partial charge in [-0.3, -0.25) is 9.59 Å². The highest BCUT2D eigenvalue weighted by Gasteiger charge is 2.25. The van der Waals surface area contributed by atoms with Crippen LogP contribution in [0, 0.1) is 0 Å². The molecule has 142 valence electrons. The summed E-state index contributed by atoms with van der Waals surface area (Å²) in [6, 6.07) is 5.46. The quantitative estimate of drug-likeness (QED) is 0.654. The predicted molar refractivity (Wildman–Crippen MR) is 104 cm³/mol. The van der Waals surface area contributed by atoms with Gasteiger partial charge in [0.05, 0.1) is 7.11 Å². The van der Waals surface area contributed by atoms with Crippen molar-refractivity contribution in [2.75, 3.05) is 32.1 Å². The molecule has 1 unspecified atom stereocenters. The van der Waals surface area contributed by atoms with Gasteiger partial charge in [0.25, 0.3) is 5.56 Å². The number of methoxy groups -OCH3 is 1. The van der Waals surface area contributed by atoms with Gasteiger partial charge >= 0.3 is 0 Å². The van der Waals surface area contributed by atoms with Gasteiger partial charge in [-0.1, -0.05) is 6.08 Å². The lowest BCUT2D eigenvalue weighted by Crippen LogP contribution is -2.31. The molecular formula is C19H23N5O3. The number of nitrogens with two attached hydrogens (primary N) is 1. The second-order valence-electron chi connectivity index (χ2n) is 6.27. The number of ether oxygens (including phenoxy) is 1. The van der Waals surface area contributed by atoms with Crippen LogP contribution in [0.1, 0.15) is 6.42 Å². The second kappa shape index (κ2) is 8.50. The summed E-state index contributed by atoms with van der Waals surface area (Å²) in [5.41, 5.74) is 7.38. The largest absolute Gasteiger partial charge is 0.481 e. The van der Waals surface area contributed by atoms with Crippen molar-refractivity contribution in [3.8, 4) is 17.0 Å². The summed E-state index contributed by atoms with van der Waals surface area (Å²) >= 11 is 0. The van der Waals surface area contributed by atoms with Crippen molar-refractivity contribution in [3.05, 3.63) is 53.1 Å². The molecule has 0 aromatic carbocycles. The van der Waals surface area contributed by atoms with Crippen LogP contribution in [0.3, 0.4) is 0 Å². The number of aromatic nitrogens is 2. The van der Waals surface area contributed by atoms with Gasteiger partial charge < -0.3 is 25.7 Å². The Morgan fingerprint density at radius 2 is 2.33 bits per heavy atom. The Balaban J connectivity index is 1.73. The SMILES string of the molecule is COc1cc(-c2c[nH]c(=O)c(NC3CCN(C(=O)C=CCN)C3)c2)ccn1. The first kappa shape index (κ1) is 18.7. The third kappa shape index (κ3) is 4.53. The zero-order valence-corrected chi connectivity index (χ0v) is 15.1. The summed E-state index contributed by atoms with van der Waals surface area (Å²) in [7, 11) is 1.56. The van der Waals surface area contributed by atoms with E-state index in [0.717, 1.165) is 17.5 Å². The van der Waals surface area contributed by atoms with Crippen LogP contribution in [0.2, 0.25) is 0 Å². The number of hydrogen-bond acceptors (Lipinski definition) is 6. The van der Waals surface area contributed by atoms with E-state index in [-0.39, 0.29) is 17.5 Å². The minimum Gasteiger partial charge on any atom is -0.481 e. The topological polar surface area (TPSA) is 113 Å². The number of amides is 1. The smallest absolute Gasteiger partial charge is 0.271 e. The molecule has 8 nitrogen and oxygen atoms in total. The van der Waals surface area contributed by atoms with E-state index in [9.17, 15) is 9.59 Å². The molecule has 1 atom stereocenters. The molecule has 27 heavy (non-hydrogen) atoms. The highest BCUT2D eigenvalue weighted by atomic mass is 16.5. The molecule has 4 N–H and O–H groups in total. The van der Waals surface area contributed by atoms with E-state index in [1.54, 1.807) is 42.6 Å². The number of nitrogens with one attached hydrogen (secondary N) is 2. The van der Waals surface area contributed by atoms with Crippen molar-refractivity contribution in [2.24, 2.45) is 5.73 Å². The highest BCUT2D eigenvalue weighted by Crippen LogP contribution is 2.23. The molecule has 1 fully saturated rings. The summed E-state index contributed by atoms with van der Waals surface area (Å²) < 4.78 is 5.15. The van der Waals surface area contributed by atoms with Crippen molar-refractivity contribution in [1.82, 2.24) is 14.9 Å². The van der Waals surface area contributed by atoms with Crippen molar-refractivity contribution >= 4 is 11.6 Å². The van der Waals surface area contributed by atoms with Crippen LogP contribution in [0.4, 0.5) is 5.69 Å². The number of H-pyrrole nitrogens is 1. The molecule has 0 spiro atoms. The maximum absolute atomic E-state index is 12.2. The lowest BCUT2D eigenvalue weighted by atomic mass is 10.1. The Hall–Kier alpha value is -3.13. The number of pyridine rings is 2. The highest BCUT2D eigenvalue weighted by molar-refractivity contribution is 5.87. The van der Waals surface area contributed by atoms with Crippen molar-refractivity contribution in [2.45, 2.75) is 12.5 Å². The molecule has 1 aliphatic heterocycles. The number of aromatic amines is 1. The zero-order valence-electron chi connectivity index (χ0n) is 15.1. The van der Waals surface area contributed by atoms with E-state index >= 15 is 0 Å². The van der Waals surface area contributed by atoms with E-state index in [4.69, 9.17) is 10.5 Å². The number of carbonyl (C=O) groups excluding carboxylic acids is 1. The fourth-order valence-electron chi connectivity index (χ4n) is 3.03. The molecule has 3 heterocycles. The fourth-order valence-corrected chi connectivity index (χ4v) is 3.03. The molecule has 0 aliphatic carbocycles. The average molecular weight is 369 g/mol. The minimum atomic E-state index is -0.201. The van der Waals surface area contributed by atoms with Crippen molar-refractivity contribution in [1.29, 1.82) is 0 Å². The molecule has 2 aromatic rings. The minimum absolute atomic E-state index is 0.0172. The second-order valence-corrected chi connectivity index (χ2v) is 6.27. The third-order valence-corrected chi connectivity index (χ3v) is 4.44. The molecule has 0 radical (unpaired) electrons. The standard InChI is InChI=1S/C19H23N5O3/c1-27-17-10-13(4-7-21-17)14-9-16(19(26)22-11-14)23-15-5-8-24(12-15)18(25)3-2-6-20/h2-4,7,9-11,15,23H,5-6,8,12,20H2,1H3,(H,22,26). The summed E-state index contributed by atoms with van der Waals surface area (Å²) in [5, 5.41) is 3.26. The Labute approximate surface area is 157 Å². The first-order valence-electron chi connectivity index (χ1n) is 8.76. The van der Waals surface area contributed by atoms with Gasteiger partial charge in [0.1, 0.15) is 5.69 Å². The molecule has 2 aromatic heterocycles. The first-order chi connectivity index (χ1) is 13.1. The summed E-state index contributed by atoms with van der Waals surface area (Å²) in [6.45, 7) is 1.52. The van der Waals surface area contributed by atoms with Crippen molar-refractivity contribution in [3.63, 3.8) is 0 Å². The lowest BCUT2D eigenvalue weighted by molar-refractivity contribution is -0.125. The number of rotatable bonds is 6. The third-order valence-electron chi connectivity index (χ3n) is 4.44. The predicted octanol–water partition coefficient (Wildman–Crippen LogP) is 0.973. The Bertz CT molecular complexity index is 893. The molecule has 0 bridgehead atoms. The van der Waals surface area contributed by atoms with E-state index in [1.165, 1.54) is 6.08 Å². The number of anilines is 1. The van der Waals surface area contributed by atoms with E-state index in [0.29, 0.717) is 31.2 Å². The number of likely N-dealkylation sites (tertiary alicyclic amines) is 1. The summed E-state index contributed by atoms with van der Waals surface area (Å²) in [6.07, 6.45) is 7.22. The van der Waals surface area contributed by atoms with Crippen LogP contribution in [0.25, 0.3) is 11.1 Å². The van der Waals surface area contributed by atoms with Gasteiger partial charge in [-0.25, -0.2) is 4.98 Å². The molecule has 8 heteroatoms. The molecule has 0 saturated carbocycles. The molecule has 1 saturated heterocycles. The number of hydrogen-bond donors (Lipinski definition) is 3. The van der Waals surface area contributed by atoms with Crippen LogP contribution in [-0.2, 0) is 4.79 Å².